The standard InChI is InChI=1S/C19H15ClN4O5S/c1-11(21-17-13-7-3-5-9-15(13)30(26,27)24-17)19(25)28-10-16-22-18(29-23-16)12-6-2-4-8-14(12)20/h2-9,11H,10H2,1H3,(H,21,24)/t11-/m0/s1. The van der Waals surface area contributed by atoms with Crippen molar-refractivity contribution in [3.8, 4) is 11.5 Å². The van der Waals surface area contributed by atoms with Gasteiger partial charge in [-0.15, -0.1) is 0 Å². The Morgan fingerprint density at radius 2 is 1.90 bits per heavy atom. The lowest BCUT2D eigenvalue weighted by Crippen LogP contribution is -2.26. The molecule has 1 aromatic heterocycles. The highest BCUT2D eigenvalue weighted by atomic mass is 35.5. The van der Waals surface area contributed by atoms with Gasteiger partial charge in [0, 0.05) is 5.56 Å². The minimum Gasteiger partial charge on any atom is -0.456 e. The molecule has 9 nitrogen and oxygen atoms in total. The number of carbonyl (C=O) groups is 1. The number of ether oxygens (including phenoxy) is 1. The second-order valence-electron chi connectivity index (χ2n) is 6.36. The minimum absolute atomic E-state index is 0.0932. The number of halogens is 1. The molecule has 3 aromatic rings. The van der Waals surface area contributed by atoms with Crippen molar-refractivity contribution in [3.05, 3.63) is 64.9 Å². The highest BCUT2D eigenvalue weighted by Gasteiger charge is 2.31. The van der Waals surface area contributed by atoms with Gasteiger partial charge in [-0.3, -0.25) is 9.71 Å². The van der Waals surface area contributed by atoms with Crippen LogP contribution in [-0.2, 0) is 26.2 Å². The van der Waals surface area contributed by atoms with Crippen LogP contribution in [0.1, 0.15) is 18.3 Å². The van der Waals surface area contributed by atoms with E-state index in [-0.39, 0.29) is 29.1 Å². The van der Waals surface area contributed by atoms with Crippen LogP contribution in [0.2, 0.25) is 5.02 Å². The third-order valence-electron chi connectivity index (χ3n) is 4.24. The molecule has 0 unspecified atom stereocenters. The predicted octanol–water partition coefficient (Wildman–Crippen LogP) is 2.56. The quantitative estimate of drug-likeness (QED) is 0.597. The topological polar surface area (TPSA) is 124 Å². The second kappa shape index (κ2) is 7.88. The van der Waals surface area contributed by atoms with E-state index in [0.717, 1.165) is 0 Å². The summed E-state index contributed by atoms with van der Waals surface area (Å²) >= 11 is 6.10. The van der Waals surface area contributed by atoms with E-state index < -0.39 is 22.0 Å². The fourth-order valence-corrected chi connectivity index (χ4v) is 4.24. The predicted molar refractivity (Wildman–Crippen MR) is 107 cm³/mol. The van der Waals surface area contributed by atoms with Crippen LogP contribution in [0.15, 0.2) is 62.9 Å². The van der Waals surface area contributed by atoms with Gasteiger partial charge in [-0.1, -0.05) is 41.0 Å². The molecule has 154 valence electrons. The van der Waals surface area contributed by atoms with Gasteiger partial charge in [0.25, 0.3) is 15.9 Å². The number of hydrogen-bond donors (Lipinski definition) is 1. The number of nitrogens with one attached hydrogen (secondary N) is 1. The van der Waals surface area contributed by atoms with Crippen molar-refractivity contribution in [2.75, 3.05) is 0 Å². The van der Waals surface area contributed by atoms with E-state index in [0.29, 0.717) is 16.1 Å². The first-order chi connectivity index (χ1) is 14.3. The highest BCUT2D eigenvalue weighted by molar-refractivity contribution is 7.90. The monoisotopic (exact) mass is 446 g/mol. The molecular weight excluding hydrogens is 432 g/mol. The zero-order valence-corrected chi connectivity index (χ0v) is 17.1. The van der Waals surface area contributed by atoms with Crippen molar-refractivity contribution in [3.63, 3.8) is 0 Å². The number of amidine groups is 1. The van der Waals surface area contributed by atoms with E-state index in [1.165, 1.54) is 13.0 Å². The Hall–Kier alpha value is -3.24. The molecule has 0 bridgehead atoms. The van der Waals surface area contributed by atoms with Gasteiger partial charge in [0.1, 0.15) is 11.9 Å². The van der Waals surface area contributed by atoms with E-state index in [1.54, 1.807) is 42.5 Å². The van der Waals surface area contributed by atoms with Gasteiger partial charge in [0.15, 0.2) is 6.61 Å². The van der Waals surface area contributed by atoms with Crippen molar-refractivity contribution in [2.24, 2.45) is 4.99 Å². The van der Waals surface area contributed by atoms with E-state index in [1.807, 2.05) is 0 Å². The van der Waals surface area contributed by atoms with Crippen molar-refractivity contribution >= 4 is 33.4 Å². The molecular formula is C19H15ClN4O5S. The van der Waals surface area contributed by atoms with Crippen molar-refractivity contribution in [1.82, 2.24) is 14.9 Å². The van der Waals surface area contributed by atoms with E-state index in [4.69, 9.17) is 20.9 Å². The summed E-state index contributed by atoms with van der Waals surface area (Å²) in [6, 6.07) is 12.4. The lowest BCUT2D eigenvalue weighted by Gasteiger charge is -2.07. The van der Waals surface area contributed by atoms with Gasteiger partial charge in [0.05, 0.1) is 15.5 Å². The van der Waals surface area contributed by atoms with Gasteiger partial charge in [0.2, 0.25) is 5.82 Å². The summed E-state index contributed by atoms with van der Waals surface area (Å²) in [5.41, 5.74) is 0.968. The van der Waals surface area contributed by atoms with Crippen molar-refractivity contribution < 1.29 is 22.5 Å². The van der Waals surface area contributed by atoms with Gasteiger partial charge >= 0.3 is 5.97 Å². The maximum absolute atomic E-state index is 12.3. The number of rotatable bonds is 5. The zero-order chi connectivity index (χ0) is 21.3. The van der Waals surface area contributed by atoms with Gasteiger partial charge in [-0.25, -0.2) is 13.2 Å². The van der Waals surface area contributed by atoms with E-state index in [2.05, 4.69) is 19.9 Å². The summed E-state index contributed by atoms with van der Waals surface area (Å²) in [4.78, 5) is 20.7. The number of fused-ring (bicyclic) bond motifs is 1. The number of hydrogen-bond acceptors (Lipinski definition) is 8. The number of aliphatic imine (C=N–C) groups is 1. The molecule has 0 radical (unpaired) electrons. The first kappa shape index (κ1) is 20.0. The largest absolute Gasteiger partial charge is 0.456 e. The van der Waals surface area contributed by atoms with Crippen LogP contribution in [0.4, 0.5) is 0 Å². The molecule has 1 N–H and O–H groups in total. The fraction of sp³-hybridized carbons (Fsp3) is 0.158. The molecule has 1 atom stereocenters. The first-order valence-electron chi connectivity index (χ1n) is 8.79. The van der Waals surface area contributed by atoms with Crippen LogP contribution in [0, 0.1) is 0 Å². The Bertz CT molecular complexity index is 1260. The molecule has 0 fully saturated rings. The average molecular weight is 447 g/mol. The smallest absolute Gasteiger partial charge is 0.331 e. The molecule has 0 aliphatic carbocycles. The molecule has 0 spiro atoms. The Morgan fingerprint density at radius 1 is 1.20 bits per heavy atom. The van der Waals surface area contributed by atoms with Crippen LogP contribution < -0.4 is 4.72 Å². The molecule has 1 aliphatic rings. The maximum Gasteiger partial charge on any atom is 0.331 e. The Morgan fingerprint density at radius 3 is 2.67 bits per heavy atom. The number of carbonyl (C=O) groups excluding carboxylic acids is 1. The summed E-state index contributed by atoms with van der Waals surface area (Å²) in [6.07, 6.45) is 0. The maximum atomic E-state index is 12.3. The highest BCUT2D eigenvalue weighted by Crippen LogP contribution is 2.26. The third kappa shape index (κ3) is 3.91. The fourth-order valence-electron chi connectivity index (χ4n) is 2.79. The number of esters is 1. The molecule has 1 aliphatic heterocycles. The van der Waals surface area contributed by atoms with Gasteiger partial charge in [-0.2, -0.15) is 4.98 Å². The molecule has 0 amide bonds. The zero-order valence-electron chi connectivity index (χ0n) is 15.6. The Balaban J connectivity index is 1.43. The summed E-state index contributed by atoms with van der Waals surface area (Å²) in [5.74, 6) is -0.215. The molecule has 2 heterocycles. The van der Waals surface area contributed by atoms with E-state index >= 15 is 0 Å². The summed E-state index contributed by atoms with van der Waals surface area (Å²) < 4.78 is 36.9. The Labute approximate surface area is 176 Å². The summed E-state index contributed by atoms with van der Waals surface area (Å²) in [7, 11) is -3.68. The van der Waals surface area contributed by atoms with Crippen LogP contribution in [0.5, 0.6) is 0 Å². The van der Waals surface area contributed by atoms with Crippen LogP contribution in [-0.4, -0.2) is 36.4 Å². The molecule has 0 saturated carbocycles. The molecule has 11 heteroatoms. The molecule has 30 heavy (non-hydrogen) atoms. The van der Waals surface area contributed by atoms with Gasteiger partial charge in [-0.05, 0) is 31.2 Å². The third-order valence-corrected chi connectivity index (χ3v) is 5.97. The van der Waals surface area contributed by atoms with Gasteiger partial charge < -0.3 is 9.26 Å². The number of sulfonamides is 1. The van der Waals surface area contributed by atoms with Crippen LogP contribution in [0.25, 0.3) is 11.5 Å². The van der Waals surface area contributed by atoms with Crippen LogP contribution >= 0.6 is 11.6 Å². The van der Waals surface area contributed by atoms with Crippen LogP contribution in [0.3, 0.4) is 0 Å². The molecule has 0 saturated heterocycles. The Kier molecular flexibility index (Phi) is 5.27. The summed E-state index contributed by atoms with van der Waals surface area (Å²) in [5, 5.41) is 4.22. The second-order valence-corrected chi connectivity index (χ2v) is 8.42. The minimum atomic E-state index is -3.68. The number of aromatic nitrogens is 2. The summed E-state index contributed by atoms with van der Waals surface area (Å²) in [6.45, 7) is 1.26. The first-order valence-corrected chi connectivity index (χ1v) is 10.7. The van der Waals surface area contributed by atoms with Crippen molar-refractivity contribution in [2.45, 2.75) is 24.5 Å². The van der Waals surface area contributed by atoms with E-state index in [9.17, 15) is 13.2 Å². The molecule has 2 aromatic carbocycles. The lowest BCUT2D eigenvalue weighted by molar-refractivity contribution is -0.146. The SMILES string of the molecule is C[C@H](N=C1NS(=O)(=O)c2ccccc21)C(=O)OCc1noc(-c2ccccc2Cl)n1. The van der Waals surface area contributed by atoms with Crippen molar-refractivity contribution in [1.29, 1.82) is 0 Å². The average Bonchev–Trinajstić information content (AvgIpc) is 3.29. The molecule has 4 rings (SSSR count). The lowest BCUT2D eigenvalue weighted by atomic mass is 10.2. The number of nitrogens with zero attached hydrogens (tertiary/aromatic N) is 3. The number of benzene rings is 2. The normalized spacial score (nSPS) is 16.7.